The summed E-state index contributed by atoms with van der Waals surface area (Å²) in [7, 11) is 1.79. The summed E-state index contributed by atoms with van der Waals surface area (Å²) in [6.07, 6.45) is -0.726. The Labute approximate surface area is 116 Å². The van der Waals surface area contributed by atoms with Gasteiger partial charge in [0.15, 0.2) is 0 Å². The van der Waals surface area contributed by atoms with Crippen molar-refractivity contribution >= 4 is 0 Å². The van der Waals surface area contributed by atoms with Crippen LogP contribution in [-0.4, -0.2) is 46.7 Å². The van der Waals surface area contributed by atoms with Gasteiger partial charge < -0.3 is 10.1 Å². The molecule has 5 nitrogen and oxygen atoms in total. The van der Waals surface area contributed by atoms with Crippen molar-refractivity contribution in [2.24, 2.45) is 7.05 Å². The van der Waals surface area contributed by atoms with Gasteiger partial charge >= 0.3 is 6.18 Å². The number of nitrogens with one attached hydrogen (secondary N) is 1. The second-order valence-electron chi connectivity index (χ2n) is 4.61. The van der Waals surface area contributed by atoms with E-state index < -0.39 is 12.8 Å². The highest BCUT2D eigenvalue weighted by atomic mass is 19.4. The van der Waals surface area contributed by atoms with Crippen molar-refractivity contribution < 1.29 is 17.9 Å². The minimum atomic E-state index is -4.27. The average Bonchev–Trinajstić information content (AvgIpc) is 2.75. The number of ether oxygens (including phenoxy) is 1. The molecule has 1 aromatic heterocycles. The summed E-state index contributed by atoms with van der Waals surface area (Å²) >= 11 is 0. The maximum Gasteiger partial charge on any atom is 0.411 e. The molecular formula is C12H21F3N4O. The zero-order valence-corrected chi connectivity index (χ0v) is 11.8. The predicted molar refractivity (Wildman–Crippen MR) is 68.3 cm³/mol. The van der Waals surface area contributed by atoms with Crippen molar-refractivity contribution in [3.8, 4) is 0 Å². The van der Waals surface area contributed by atoms with Gasteiger partial charge in [-0.3, -0.25) is 4.68 Å². The van der Waals surface area contributed by atoms with Gasteiger partial charge in [0, 0.05) is 26.1 Å². The Balaban J connectivity index is 2.38. The summed E-state index contributed by atoms with van der Waals surface area (Å²) in [5.74, 6) is 0.800. The third kappa shape index (κ3) is 6.85. The summed E-state index contributed by atoms with van der Waals surface area (Å²) in [4.78, 5) is 4.12. The molecule has 1 aromatic rings. The van der Waals surface area contributed by atoms with E-state index in [9.17, 15) is 13.2 Å². The Morgan fingerprint density at radius 3 is 2.75 bits per heavy atom. The largest absolute Gasteiger partial charge is 0.411 e. The maximum atomic E-state index is 12.0. The molecule has 0 aromatic carbocycles. The summed E-state index contributed by atoms with van der Waals surface area (Å²) < 4.78 is 42.2. The monoisotopic (exact) mass is 294 g/mol. The van der Waals surface area contributed by atoms with Crippen molar-refractivity contribution in [2.45, 2.75) is 38.4 Å². The lowest BCUT2D eigenvalue weighted by Gasteiger charge is -2.18. The molecule has 0 spiro atoms. The molecule has 0 bridgehead atoms. The second-order valence-corrected chi connectivity index (χ2v) is 4.61. The molecule has 0 fully saturated rings. The molecule has 0 aliphatic carbocycles. The zero-order valence-electron chi connectivity index (χ0n) is 11.8. The molecule has 20 heavy (non-hydrogen) atoms. The molecule has 1 heterocycles. The molecular weight excluding hydrogens is 273 g/mol. The summed E-state index contributed by atoms with van der Waals surface area (Å²) in [6, 6.07) is 0.0334. The molecule has 0 aliphatic rings. The summed E-state index contributed by atoms with van der Waals surface area (Å²) in [5, 5.41) is 7.27. The summed E-state index contributed by atoms with van der Waals surface area (Å²) in [5.41, 5.74) is 0. The first-order valence-electron chi connectivity index (χ1n) is 6.63. The topological polar surface area (TPSA) is 52.0 Å². The van der Waals surface area contributed by atoms with E-state index in [1.165, 1.54) is 6.33 Å². The van der Waals surface area contributed by atoms with Crippen molar-refractivity contribution in [3.63, 3.8) is 0 Å². The highest BCUT2D eigenvalue weighted by Crippen LogP contribution is 2.14. The van der Waals surface area contributed by atoms with Gasteiger partial charge in [0.25, 0.3) is 0 Å². The quantitative estimate of drug-likeness (QED) is 0.704. The Bertz CT molecular complexity index is 381. The lowest BCUT2D eigenvalue weighted by atomic mass is 10.1. The van der Waals surface area contributed by atoms with Crippen molar-refractivity contribution in [3.05, 3.63) is 12.2 Å². The molecule has 116 valence electrons. The SMILES string of the molecule is CCCNC(CCOCC(F)(F)F)Cc1ncnn1C. The molecule has 0 saturated carbocycles. The molecule has 8 heteroatoms. The van der Waals surface area contributed by atoms with Gasteiger partial charge in [-0.05, 0) is 19.4 Å². The molecule has 0 amide bonds. The number of halogens is 3. The van der Waals surface area contributed by atoms with E-state index in [0.29, 0.717) is 12.8 Å². The predicted octanol–water partition coefficient (Wildman–Crippen LogP) is 1.69. The standard InChI is InChI=1S/C12H21F3N4O/c1-3-5-16-10(4-6-20-8-12(13,14)15)7-11-17-9-18-19(11)2/h9-10,16H,3-8H2,1-2H3. The van der Waals surface area contributed by atoms with Gasteiger partial charge in [0.05, 0.1) is 0 Å². The Morgan fingerprint density at radius 2 is 2.20 bits per heavy atom. The Hall–Kier alpha value is -1.15. The van der Waals surface area contributed by atoms with Crippen LogP contribution in [0.15, 0.2) is 6.33 Å². The minimum absolute atomic E-state index is 0.0334. The van der Waals surface area contributed by atoms with Crippen LogP contribution < -0.4 is 5.32 Å². The van der Waals surface area contributed by atoms with Crippen molar-refractivity contribution in [1.82, 2.24) is 20.1 Å². The molecule has 0 saturated heterocycles. The number of hydrogen-bond acceptors (Lipinski definition) is 4. The average molecular weight is 294 g/mol. The number of rotatable bonds is 9. The number of aryl methyl sites for hydroxylation is 1. The van der Waals surface area contributed by atoms with E-state index in [-0.39, 0.29) is 12.6 Å². The third-order valence-corrected chi connectivity index (χ3v) is 2.79. The first-order valence-corrected chi connectivity index (χ1v) is 6.63. The lowest BCUT2D eigenvalue weighted by Crippen LogP contribution is -2.34. The van der Waals surface area contributed by atoms with Crippen LogP contribution >= 0.6 is 0 Å². The fourth-order valence-corrected chi connectivity index (χ4v) is 1.76. The smallest absolute Gasteiger partial charge is 0.372 e. The zero-order chi connectivity index (χ0) is 15.0. The molecule has 1 N–H and O–H groups in total. The van der Waals surface area contributed by atoms with E-state index in [0.717, 1.165) is 18.8 Å². The first-order chi connectivity index (χ1) is 9.42. The van der Waals surface area contributed by atoms with Gasteiger partial charge in [0.1, 0.15) is 18.8 Å². The van der Waals surface area contributed by atoms with E-state index >= 15 is 0 Å². The maximum absolute atomic E-state index is 12.0. The van der Waals surface area contributed by atoms with Gasteiger partial charge in [-0.1, -0.05) is 6.92 Å². The number of aromatic nitrogens is 3. The molecule has 1 rings (SSSR count). The van der Waals surface area contributed by atoms with Gasteiger partial charge in [-0.25, -0.2) is 4.98 Å². The van der Waals surface area contributed by atoms with Crippen molar-refractivity contribution in [2.75, 3.05) is 19.8 Å². The Kier molecular flexibility index (Phi) is 6.94. The first kappa shape index (κ1) is 16.9. The van der Waals surface area contributed by atoms with Crippen LogP contribution in [0.1, 0.15) is 25.6 Å². The number of hydrogen-bond donors (Lipinski definition) is 1. The Morgan fingerprint density at radius 1 is 1.45 bits per heavy atom. The number of alkyl halides is 3. The van der Waals surface area contributed by atoms with Crippen LogP contribution in [0.3, 0.4) is 0 Å². The van der Waals surface area contributed by atoms with Crippen LogP contribution in [0.2, 0.25) is 0 Å². The van der Waals surface area contributed by atoms with Crippen LogP contribution in [-0.2, 0) is 18.2 Å². The van der Waals surface area contributed by atoms with E-state index in [4.69, 9.17) is 0 Å². The highest BCUT2D eigenvalue weighted by Gasteiger charge is 2.27. The van der Waals surface area contributed by atoms with E-state index in [1.54, 1.807) is 11.7 Å². The molecule has 1 unspecified atom stereocenters. The van der Waals surface area contributed by atoms with Crippen molar-refractivity contribution in [1.29, 1.82) is 0 Å². The fourth-order valence-electron chi connectivity index (χ4n) is 1.76. The highest BCUT2D eigenvalue weighted by molar-refractivity contribution is 4.89. The van der Waals surface area contributed by atoms with E-state index in [1.807, 2.05) is 6.92 Å². The van der Waals surface area contributed by atoms with Gasteiger partial charge in [-0.15, -0.1) is 0 Å². The van der Waals surface area contributed by atoms with Gasteiger partial charge in [0.2, 0.25) is 0 Å². The van der Waals surface area contributed by atoms with Crippen LogP contribution in [0.4, 0.5) is 13.2 Å². The van der Waals surface area contributed by atoms with Crippen LogP contribution in [0.25, 0.3) is 0 Å². The third-order valence-electron chi connectivity index (χ3n) is 2.79. The van der Waals surface area contributed by atoms with Crippen LogP contribution in [0.5, 0.6) is 0 Å². The fraction of sp³-hybridized carbons (Fsp3) is 0.833. The second kappa shape index (κ2) is 8.21. The molecule has 0 radical (unpaired) electrons. The van der Waals surface area contributed by atoms with E-state index in [2.05, 4.69) is 20.1 Å². The normalized spacial score (nSPS) is 13.7. The van der Waals surface area contributed by atoms with Crippen LogP contribution in [0, 0.1) is 0 Å². The number of nitrogens with zero attached hydrogens (tertiary/aromatic N) is 3. The van der Waals surface area contributed by atoms with Gasteiger partial charge in [-0.2, -0.15) is 18.3 Å². The summed E-state index contributed by atoms with van der Waals surface area (Å²) in [6.45, 7) is 1.71. The minimum Gasteiger partial charge on any atom is -0.372 e. The lowest BCUT2D eigenvalue weighted by molar-refractivity contribution is -0.174. The molecule has 0 aliphatic heterocycles. The molecule has 1 atom stereocenters.